The third-order valence-corrected chi connectivity index (χ3v) is 2.79. The van der Waals surface area contributed by atoms with Crippen molar-refractivity contribution in [3.63, 3.8) is 0 Å². The summed E-state index contributed by atoms with van der Waals surface area (Å²) in [6, 6.07) is 4.89. The molecule has 0 saturated carbocycles. The van der Waals surface area contributed by atoms with Crippen molar-refractivity contribution in [2.24, 2.45) is 0 Å². The lowest BCUT2D eigenvalue weighted by molar-refractivity contribution is 0.111. The van der Waals surface area contributed by atoms with Gasteiger partial charge in [0.25, 0.3) is 0 Å². The average Bonchev–Trinajstić information content (AvgIpc) is 2.70. The highest BCUT2D eigenvalue weighted by Crippen LogP contribution is 2.27. The maximum absolute atomic E-state index is 13.3. The number of halogens is 1. The Kier molecular flexibility index (Phi) is 2.77. The summed E-state index contributed by atoms with van der Waals surface area (Å²) in [6.45, 7) is 0.905. The zero-order valence-electron chi connectivity index (χ0n) is 8.74. The van der Waals surface area contributed by atoms with Crippen molar-refractivity contribution in [3.8, 4) is 0 Å². The van der Waals surface area contributed by atoms with Gasteiger partial charge in [-0.2, -0.15) is 0 Å². The predicted molar refractivity (Wildman–Crippen MR) is 58.2 cm³/mol. The van der Waals surface area contributed by atoms with Crippen LogP contribution in [0.4, 0.5) is 15.8 Å². The molecule has 1 aliphatic heterocycles. The first-order valence-corrected chi connectivity index (χ1v) is 5.07. The van der Waals surface area contributed by atoms with Crippen molar-refractivity contribution >= 4 is 11.4 Å². The fourth-order valence-electron chi connectivity index (χ4n) is 1.97. The number of nitrogens with two attached hydrogens (primary N) is 1. The number of ether oxygens (including phenoxy) is 1. The topological polar surface area (TPSA) is 38.5 Å². The lowest BCUT2D eigenvalue weighted by Crippen LogP contribution is -2.30. The Morgan fingerprint density at radius 2 is 2.33 bits per heavy atom. The van der Waals surface area contributed by atoms with Gasteiger partial charge in [0.15, 0.2) is 0 Å². The third-order valence-electron chi connectivity index (χ3n) is 2.79. The minimum absolute atomic E-state index is 0.0630. The van der Waals surface area contributed by atoms with Gasteiger partial charge in [-0.3, -0.25) is 0 Å². The van der Waals surface area contributed by atoms with Crippen molar-refractivity contribution in [1.29, 1.82) is 0 Å². The zero-order valence-corrected chi connectivity index (χ0v) is 8.74. The SMILES string of the molecule is COC1CCCN1c1ccc(N)c(F)c1. The first-order chi connectivity index (χ1) is 7.22. The maximum atomic E-state index is 13.3. The van der Waals surface area contributed by atoms with Gasteiger partial charge < -0.3 is 15.4 Å². The minimum atomic E-state index is -0.366. The molecule has 1 aromatic carbocycles. The molecule has 0 radical (unpaired) electrons. The number of nitrogens with zero attached hydrogens (tertiary/aromatic N) is 1. The van der Waals surface area contributed by atoms with E-state index in [0.717, 1.165) is 25.1 Å². The normalized spacial score (nSPS) is 20.9. The van der Waals surface area contributed by atoms with Crippen LogP contribution < -0.4 is 10.6 Å². The van der Waals surface area contributed by atoms with E-state index < -0.39 is 0 Å². The Morgan fingerprint density at radius 3 is 3.00 bits per heavy atom. The van der Waals surface area contributed by atoms with Crippen molar-refractivity contribution in [1.82, 2.24) is 0 Å². The number of benzene rings is 1. The Labute approximate surface area is 88.6 Å². The van der Waals surface area contributed by atoms with E-state index in [1.165, 1.54) is 6.07 Å². The van der Waals surface area contributed by atoms with Gasteiger partial charge in [-0.1, -0.05) is 0 Å². The van der Waals surface area contributed by atoms with Crippen molar-refractivity contribution < 1.29 is 9.13 Å². The largest absolute Gasteiger partial charge is 0.396 e. The number of hydrogen-bond acceptors (Lipinski definition) is 3. The molecule has 2 rings (SSSR count). The number of anilines is 2. The lowest BCUT2D eigenvalue weighted by Gasteiger charge is -2.25. The van der Waals surface area contributed by atoms with Crippen LogP contribution in [0.1, 0.15) is 12.8 Å². The highest BCUT2D eigenvalue weighted by Gasteiger charge is 2.24. The van der Waals surface area contributed by atoms with E-state index in [4.69, 9.17) is 10.5 Å². The summed E-state index contributed by atoms with van der Waals surface area (Å²) >= 11 is 0. The number of methoxy groups -OCH3 is 1. The molecule has 1 heterocycles. The number of nitrogen functional groups attached to an aromatic ring is 1. The van der Waals surface area contributed by atoms with Gasteiger partial charge in [-0.25, -0.2) is 4.39 Å². The second kappa shape index (κ2) is 4.06. The molecule has 82 valence electrons. The van der Waals surface area contributed by atoms with Crippen LogP contribution in [0.2, 0.25) is 0 Å². The van der Waals surface area contributed by atoms with Crippen LogP contribution in [-0.2, 0) is 4.74 Å². The van der Waals surface area contributed by atoms with Crippen molar-refractivity contribution in [2.45, 2.75) is 19.1 Å². The van der Waals surface area contributed by atoms with E-state index in [9.17, 15) is 4.39 Å². The summed E-state index contributed by atoms with van der Waals surface area (Å²) in [5.74, 6) is -0.366. The van der Waals surface area contributed by atoms with Gasteiger partial charge in [-0.05, 0) is 31.0 Å². The van der Waals surface area contributed by atoms with Gasteiger partial charge in [0.1, 0.15) is 12.0 Å². The van der Waals surface area contributed by atoms with Crippen LogP contribution in [0.15, 0.2) is 18.2 Å². The van der Waals surface area contributed by atoms with Gasteiger partial charge in [0.05, 0.1) is 5.69 Å². The van der Waals surface area contributed by atoms with Crippen LogP contribution in [-0.4, -0.2) is 19.9 Å². The molecule has 1 aromatic rings. The van der Waals surface area contributed by atoms with E-state index in [2.05, 4.69) is 4.90 Å². The van der Waals surface area contributed by atoms with Gasteiger partial charge in [-0.15, -0.1) is 0 Å². The molecule has 0 bridgehead atoms. The Balaban J connectivity index is 2.25. The first-order valence-electron chi connectivity index (χ1n) is 5.07. The molecule has 1 aliphatic rings. The summed E-state index contributed by atoms with van der Waals surface area (Å²) in [4.78, 5) is 2.06. The number of hydrogen-bond donors (Lipinski definition) is 1. The van der Waals surface area contributed by atoms with Crippen molar-refractivity contribution in [3.05, 3.63) is 24.0 Å². The molecule has 1 saturated heterocycles. The zero-order chi connectivity index (χ0) is 10.8. The Hall–Kier alpha value is -1.29. The summed E-state index contributed by atoms with van der Waals surface area (Å²) in [5, 5.41) is 0. The summed E-state index contributed by atoms with van der Waals surface area (Å²) in [6.07, 6.45) is 2.13. The molecule has 4 heteroatoms. The second-order valence-electron chi connectivity index (χ2n) is 3.73. The number of rotatable bonds is 2. The first kappa shape index (κ1) is 10.2. The third kappa shape index (κ3) is 1.90. The van der Waals surface area contributed by atoms with Crippen molar-refractivity contribution in [2.75, 3.05) is 24.3 Å². The van der Waals surface area contributed by atoms with Gasteiger partial charge >= 0.3 is 0 Å². The van der Waals surface area contributed by atoms with E-state index in [0.29, 0.717) is 0 Å². The highest BCUT2D eigenvalue weighted by molar-refractivity contribution is 5.54. The van der Waals surface area contributed by atoms with Gasteiger partial charge in [0.2, 0.25) is 0 Å². The molecule has 2 N–H and O–H groups in total. The summed E-state index contributed by atoms with van der Waals surface area (Å²) < 4.78 is 18.6. The fourth-order valence-corrected chi connectivity index (χ4v) is 1.97. The van der Waals surface area contributed by atoms with E-state index in [-0.39, 0.29) is 17.7 Å². The minimum Gasteiger partial charge on any atom is -0.396 e. The lowest BCUT2D eigenvalue weighted by atomic mass is 10.2. The standard InChI is InChI=1S/C11H15FN2O/c1-15-11-3-2-6-14(11)8-4-5-10(13)9(12)7-8/h4-5,7,11H,2-3,6,13H2,1H3. The summed E-state index contributed by atoms with van der Waals surface area (Å²) in [5.41, 5.74) is 6.46. The summed E-state index contributed by atoms with van der Waals surface area (Å²) in [7, 11) is 1.68. The smallest absolute Gasteiger partial charge is 0.148 e. The van der Waals surface area contributed by atoms with E-state index in [1.54, 1.807) is 13.2 Å². The highest BCUT2D eigenvalue weighted by atomic mass is 19.1. The molecule has 1 unspecified atom stereocenters. The molecule has 0 amide bonds. The van der Waals surface area contributed by atoms with Crippen LogP contribution >= 0.6 is 0 Å². The van der Waals surface area contributed by atoms with E-state index >= 15 is 0 Å². The molecule has 1 fully saturated rings. The molecule has 3 nitrogen and oxygen atoms in total. The second-order valence-corrected chi connectivity index (χ2v) is 3.73. The molecular weight excluding hydrogens is 195 g/mol. The molecular formula is C11H15FN2O. The molecule has 0 aromatic heterocycles. The van der Waals surface area contributed by atoms with Crippen LogP contribution in [0, 0.1) is 5.82 Å². The monoisotopic (exact) mass is 210 g/mol. The quantitative estimate of drug-likeness (QED) is 0.758. The average molecular weight is 210 g/mol. The Morgan fingerprint density at radius 1 is 1.53 bits per heavy atom. The molecule has 15 heavy (non-hydrogen) atoms. The molecule has 0 spiro atoms. The van der Waals surface area contributed by atoms with Crippen LogP contribution in [0.3, 0.4) is 0 Å². The van der Waals surface area contributed by atoms with Gasteiger partial charge in [0, 0.05) is 19.3 Å². The van der Waals surface area contributed by atoms with Crippen LogP contribution in [0.25, 0.3) is 0 Å². The molecule has 0 aliphatic carbocycles. The predicted octanol–water partition coefficient (Wildman–Crippen LogP) is 1.98. The molecule has 1 atom stereocenters. The maximum Gasteiger partial charge on any atom is 0.148 e. The fraction of sp³-hybridized carbons (Fsp3) is 0.455. The Bertz CT molecular complexity index is 356. The van der Waals surface area contributed by atoms with E-state index in [1.807, 2.05) is 6.07 Å². The van der Waals surface area contributed by atoms with Crippen LogP contribution in [0.5, 0.6) is 0 Å².